The number of carbonyl (C=O) groups is 1. The summed E-state index contributed by atoms with van der Waals surface area (Å²) < 4.78 is 1.62. The molecule has 2 atom stereocenters. The molecule has 6 heteroatoms. The number of benzene rings is 1. The van der Waals surface area contributed by atoms with E-state index in [2.05, 4.69) is 10.4 Å². The van der Waals surface area contributed by atoms with E-state index in [0.717, 1.165) is 0 Å². The first kappa shape index (κ1) is 14.6. The van der Waals surface area contributed by atoms with Gasteiger partial charge in [0.1, 0.15) is 5.69 Å². The zero-order valence-corrected chi connectivity index (χ0v) is 12.1. The third-order valence-electron chi connectivity index (χ3n) is 3.18. The van der Waals surface area contributed by atoms with Gasteiger partial charge in [0.05, 0.1) is 16.6 Å². The van der Waals surface area contributed by atoms with Crippen molar-refractivity contribution in [3.8, 4) is 5.69 Å². The number of aromatic nitrogens is 2. The predicted octanol–water partition coefficient (Wildman–Crippen LogP) is 2.45. The molecular formula is C14H17ClN4O. The van der Waals surface area contributed by atoms with Crippen molar-refractivity contribution in [1.29, 1.82) is 0 Å². The normalized spacial score (nSPS) is 13.8. The second-order valence-corrected chi connectivity index (χ2v) is 5.13. The highest BCUT2D eigenvalue weighted by Gasteiger charge is 2.19. The van der Waals surface area contributed by atoms with Crippen LogP contribution in [0.1, 0.15) is 13.8 Å². The number of anilines is 1. The highest BCUT2D eigenvalue weighted by Crippen LogP contribution is 2.28. The molecule has 2 rings (SSSR count). The van der Waals surface area contributed by atoms with E-state index in [4.69, 9.17) is 17.3 Å². The number of halogens is 1. The first-order chi connectivity index (χ1) is 9.50. The van der Waals surface area contributed by atoms with Crippen molar-refractivity contribution < 1.29 is 4.79 Å². The van der Waals surface area contributed by atoms with Crippen molar-refractivity contribution in [3.05, 3.63) is 41.7 Å². The number of rotatable bonds is 4. The Balaban J connectivity index is 2.34. The average molecular weight is 293 g/mol. The standard InChI is InChI=1S/C14H17ClN4O/c1-9(10(2)16)14(20)18-12-6-3-5-11(15)13(12)19-8-4-7-17-19/h3-10H,16H2,1-2H3,(H,18,20). The number of nitrogens with two attached hydrogens (primary N) is 1. The van der Waals surface area contributed by atoms with Crippen LogP contribution in [-0.4, -0.2) is 21.7 Å². The molecule has 1 amide bonds. The summed E-state index contributed by atoms with van der Waals surface area (Å²) in [6, 6.07) is 6.89. The van der Waals surface area contributed by atoms with Crippen LogP contribution >= 0.6 is 11.6 Å². The molecule has 0 fully saturated rings. The van der Waals surface area contributed by atoms with Crippen LogP contribution in [0, 0.1) is 5.92 Å². The second kappa shape index (κ2) is 6.07. The fourth-order valence-corrected chi connectivity index (χ4v) is 2.00. The summed E-state index contributed by atoms with van der Waals surface area (Å²) in [5.41, 5.74) is 7.00. The van der Waals surface area contributed by atoms with E-state index >= 15 is 0 Å². The van der Waals surface area contributed by atoms with Gasteiger partial charge in [-0.1, -0.05) is 24.6 Å². The molecule has 1 aromatic carbocycles. The lowest BCUT2D eigenvalue weighted by atomic mass is 10.0. The Hall–Kier alpha value is -1.85. The highest BCUT2D eigenvalue weighted by atomic mass is 35.5. The number of carbonyl (C=O) groups excluding carboxylic acids is 1. The van der Waals surface area contributed by atoms with Crippen LogP contribution in [0.15, 0.2) is 36.7 Å². The van der Waals surface area contributed by atoms with Crippen molar-refractivity contribution in [2.45, 2.75) is 19.9 Å². The highest BCUT2D eigenvalue weighted by molar-refractivity contribution is 6.33. The molecule has 3 N–H and O–H groups in total. The first-order valence-electron chi connectivity index (χ1n) is 6.35. The van der Waals surface area contributed by atoms with Gasteiger partial charge >= 0.3 is 0 Å². The molecule has 0 spiro atoms. The van der Waals surface area contributed by atoms with Gasteiger partial charge in [-0.25, -0.2) is 4.68 Å². The minimum Gasteiger partial charge on any atom is -0.327 e. The zero-order chi connectivity index (χ0) is 14.7. The zero-order valence-electron chi connectivity index (χ0n) is 11.4. The molecule has 0 saturated heterocycles. The number of para-hydroxylation sites is 1. The fourth-order valence-electron chi connectivity index (χ4n) is 1.74. The van der Waals surface area contributed by atoms with Gasteiger partial charge in [0, 0.05) is 18.4 Å². The van der Waals surface area contributed by atoms with E-state index < -0.39 is 0 Å². The Morgan fingerprint density at radius 3 is 2.75 bits per heavy atom. The SMILES string of the molecule is CC(N)C(C)C(=O)Nc1cccc(Cl)c1-n1cccn1. The van der Waals surface area contributed by atoms with Gasteiger partial charge in [0.25, 0.3) is 0 Å². The van der Waals surface area contributed by atoms with Crippen LogP contribution in [-0.2, 0) is 4.79 Å². The summed E-state index contributed by atoms with van der Waals surface area (Å²) in [5, 5.41) is 7.52. The molecule has 2 unspecified atom stereocenters. The molecule has 0 aliphatic carbocycles. The van der Waals surface area contributed by atoms with Crippen molar-refractivity contribution in [2.24, 2.45) is 11.7 Å². The van der Waals surface area contributed by atoms with Crippen LogP contribution in [0.25, 0.3) is 5.69 Å². The Morgan fingerprint density at radius 1 is 1.40 bits per heavy atom. The van der Waals surface area contributed by atoms with Gasteiger partial charge in [-0.3, -0.25) is 4.79 Å². The lowest BCUT2D eigenvalue weighted by Gasteiger charge is -2.17. The van der Waals surface area contributed by atoms with Crippen LogP contribution in [0.5, 0.6) is 0 Å². The molecule has 1 aromatic heterocycles. The van der Waals surface area contributed by atoms with E-state index in [0.29, 0.717) is 16.4 Å². The van der Waals surface area contributed by atoms with E-state index in [-0.39, 0.29) is 17.9 Å². The molecule has 0 aliphatic heterocycles. The summed E-state index contributed by atoms with van der Waals surface area (Å²) >= 11 is 6.21. The van der Waals surface area contributed by atoms with Crippen LogP contribution < -0.4 is 11.1 Å². The molecular weight excluding hydrogens is 276 g/mol. The van der Waals surface area contributed by atoms with Crippen LogP contribution in [0.4, 0.5) is 5.69 Å². The molecule has 20 heavy (non-hydrogen) atoms. The Morgan fingerprint density at radius 2 is 2.15 bits per heavy atom. The summed E-state index contributed by atoms with van der Waals surface area (Å²) in [5.74, 6) is -0.435. The summed E-state index contributed by atoms with van der Waals surface area (Å²) in [6.07, 6.45) is 3.42. The average Bonchev–Trinajstić information content (AvgIpc) is 2.91. The molecule has 0 saturated carbocycles. The summed E-state index contributed by atoms with van der Waals surface area (Å²) in [7, 11) is 0. The van der Waals surface area contributed by atoms with Gasteiger partial charge in [-0.05, 0) is 25.1 Å². The molecule has 2 aromatic rings. The maximum atomic E-state index is 12.1. The molecule has 0 bridgehead atoms. The topological polar surface area (TPSA) is 72.9 Å². The molecule has 5 nitrogen and oxygen atoms in total. The first-order valence-corrected chi connectivity index (χ1v) is 6.73. The largest absolute Gasteiger partial charge is 0.327 e. The smallest absolute Gasteiger partial charge is 0.228 e. The minimum atomic E-state index is -0.292. The number of nitrogens with one attached hydrogen (secondary N) is 1. The van der Waals surface area contributed by atoms with Crippen LogP contribution in [0.3, 0.4) is 0 Å². The second-order valence-electron chi connectivity index (χ2n) is 4.72. The summed E-state index contributed by atoms with van der Waals surface area (Å²) in [6.45, 7) is 3.59. The van der Waals surface area contributed by atoms with Crippen molar-refractivity contribution in [1.82, 2.24) is 9.78 Å². The van der Waals surface area contributed by atoms with Crippen molar-refractivity contribution in [3.63, 3.8) is 0 Å². The van der Waals surface area contributed by atoms with E-state index in [1.54, 1.807) is 55.2 Å². The lowest BCUT2D eigenvalue weighted by molar-refractivity contribution is -0.119. The maximum Gasteiger partial charge on any atom is 0.228 e. The number of nitrogens with zero attached hydrogens (tertiary/aromatic N) is 2. The van der Waals surface area contributed by atoms with E-state index in [9.17, 15) is 4.79 Å². The predicted molar refractivity (Wildman–Crippen MR) is 80.0 cm³/mol. The van der Waals surface area contributed by atoms with Crippen molar-refractivity contribution >= 4 is 23.2 Å². The molecule has 1 heterocycles. The number of hydrogen-bond acceptors (Lipinski definition) is 3. The van der Waals surface area contributed by atoms with Crippen molar-refractivity contribution in [2.75, 3.05) is 5.32 Å². The number of amides is 1. The third-order valence-corrected chi connectivity index (χ3v) is 3.49. The van der Waals surface area contributed by atoms with E-state index in [1.807, 2.05) is 0 Å². The minimum absolute atomic E-state index is 0.143. The van der Waals surface area contributed by atoms with Gasteiger partial charge in [0.2, 0.25) is 5.91 Å². The summed E-state index contributed by atoms with van der Waals surface area (Å²) in [4.78, 5) is 12.1. The quantitative estimate of drug-likeness (QED) is 0.909. The monoisotopic (exact) mass is 292 g/mol. The van der Waals surface area contributed by atoms with Gasteiger partial charge < -0.3 is 11.1 Å². The van der Waals surface area contributed by atoms with Gasteiger partial charge in [-0.15, -0.1) is 0 Å². The lowest BCUT2D eigenvalue weighted by Crippen LogP contribution is -2.34. The Kier molecular flexibility index (Phi) is 4.42. The van der Waals surface area contributed by atoms with Crippen LogP contribution in [0.2, 0.25) is 5.02 Å². The van der Waals surface area contributed by atoms with Gasteiger partial charge in [0.15, 0.2) is 0 Å². The molecule has 0 aliphatic rings. The van der Waals surface area contributed by atoms with Gasteiger partial charge in [-0.2, -0.15) is 5.10 Å². The van der Waals surface area contributed by atoms with E-state index in [1.165, 1.54) is 0 Å². The fraction of sp³-hybridized carbons (Fsp3) is 0.286. The maximum absolute atomic E-state index is 12.1. The Bertz CT molecular complexity index is 595. The Labute approximate surface area is 122 Å². The number of hydrogen-bond donors (Lipinski definition) is 2. The molecule has 106 valence electrons. The third kappa shape index (κ3) is 3.00. The molecule has 0 radical (unpaired) electrons.